The number of rotatable bonds is 3. The van der Waals surface area contributed by atoms with E-state index in [9.17, 15) is 9.90 Å². The lowest BCUT2D eigenvalue weighted by Gasteiger charge is -2.21. The molecule has 0 atom stereocenters. The van der Waals surface area contributed by atoms with Gasteiger partial charge >= 0.3 is 6.09 Å². The van der Waals surface area contributed by atoms with Crippen LogP contribution in [0.1, 0.15) is 38.4 Å². The van der Waals surface area contributed by atoms with Crippen LogP contribution in [0.25, 0.3) is 11.1 Å². The summed E-state index contributed by atoms with van der Waals surface area (Å²) >= 11 is 0. The number of aryl methyl sites for hydroxylation is 1. The Kier molecular flexibility index (Phi) is 5.13. The van der Waals surface area contributed by atoms with Gasteiger partial charge in [0, 0.05) is 29.6 Å². The average molecular weight is 366 g/mol. The standard InChI is InChI=1S/C22H26N2O3/c1-15-8-10-16(11-9-15)18-12-13-24(21(26)27-22(2,3)4)19(18)14-17-6-5-7-20(25)23-17/h6-13,23,25H,5,14H2,1-4H3. The number of aliphatic hydroxyl groups excluding tert-OH is 1. The van der Waals surface area contributed by atoms with Crippen molar-refractivity contribution in [1.82, 2.24) is 9.88 Å². The van der Waals surface area contributed by atoms with Gasteiger partial charge in [-0.05, 0) is 51.8 Å². The summed E-state index contributed by atoms with van der Waals surface area (Å²) in [5, 5.41) is 12.7. The molecule has 27 heavy (non-hydrogen) atoms. The second kappa shape index (κ2) is 7.35. The van der Waals surface area contributed by atoms with E-state index < -0.39 is 11.7 Å². The maximum atomic E-state index is 12.7. The lowest BCUT2D eigenvalue weighted by molar-refractivity contribution is 0.0533. The predicted octanol–water partition coefficient (Wildman–Crippen LogP) is 5.07. The first kappa shape index (κ1) is 18.8. The van der Waals surface area contributed by atoms with Crippen LogP contribution in [0.4, 0.5) is 4.79 Å². The molecule has 1 aromatic heterocycles. The van der Waals surface area contributed by atoms with Crippen molar-refractivity contribution in [3.8, 4) is 11.1 Å². The van der Waals surface area contributed by atoms with Gasteiger partial charge in [-0.2, -0.15) is 0 Å². The zero-order chi connectivity index (χ0) is 19.6. The van der Waals surface area contributed by atoms with Gasteiger partial charge in [0.15, 0.2) is 5.88 Å². The molecule has 0 bridgehead atoms. The lowest BCUT2D eigenvalue weighted by atomic mass is 10.0. The molecule has 0 saturated carbocycles. The highest BCUT2D eigenvalue weighted by atomic mass is 16.6. The number of allylic oxidation sites excluding steroid dienone is 3. The van der Waals surface area contributed by atoms with E-state index in [1.807, 2.05) is 52.0 Å². The molecule has 1 aliphatic rings. The molecule has 0 aliphatic carbocycles. The first-order chi connectivity index (χ1) is 12.7. The molecule has 0 radical (unpaired) electrons. The molecule has 142 valence electrons. The van der Waals surface area contributed by atoms with Gasteiger partial charge in [0.25, 0.3) is 0 Å². The summed E-state index contributed by atoms with van der Waals surface area (Å²) in [7, 11) is 0. The van der Waals surface area contributed by atoms with Gasteiger partial charge in [-0.1, -0.05) is 35.9 Å². The van der Waals surface area contributed by atoms with Crippen LogP contribution in [-0.4, -0.2) is 21.4 Å². The smallest absolute Gasteiger partial charge is 0.418 e. The van der Waals surface area contributed by atoms with Crippen molar-refractivity contribution in [2.24, 2.45) is 0 Å². The number of nitrogens with zero attached hydrogens (tertiary/aromatic N) is 1. The molecule has 1 aliphatic heterocycles. The fourth-order valence-corrected chi connectivity index (χ4v) is 3.00. The Morgan fingerprint density at radius 1 is 1.19 bits per heavy atom. The number of aliphatic hydroxyl groups is 1. The molecular formula is C22H26N2O3. The average Bonchev–Trinajstić information content (AvgIpc) is 2.98. The van der Waals surface area contributed by atoms with Crippen molar-refractivity contribution in [1.29, 1.82) is 0 Å². The van der Waals surface area contributed by atoms with Crippen molar-refractivity contribution >= 4 is 6.09 Å². The summed E-state index contributed by atoms with van der Waals surface area (Å²) in [6.45, 7) is 7.59. The van der Waals surface area contributed by atoms with Gasteiger partial charge in [-0.15, -0.1) is 0 Å². The SMILES string of the molecule is Cc1ccc(-c2ccn(C(=O)OC(C)(C)C)c2CC2=CCC=C(O)N2)cc1. The van der Waals surface area contributed by atoms with Crippen LogP contribution < -0.4 is 5.32 Å². The van der Waals surface area contributed by atoms with Gasteiger partial charge in [-0.3, -0.25) is 4.57 Å². The summed E-state index contributed by atoms with van der Waals surface area (Å²) in [5.41, 5.74) is 4.28. The van der Waals surface area contributed by atoms with Gasteiger partial charge in [0.1, 0.15) is 5.60 Å². The normalized spacial score (nSPS) is 14.2. The molecule has 1 aromatic carbocycles. The largest absolute Gasteiger partial charge is 0.495 e. The minimum Gasteiger partial charge on any atom is -0.495 e. The Morgan fingerprint density at radius 3 is 2.52 bits per heavy atom. The molecule has 2 aromatic rings. The number of nitrogens with one attached hydrogen (secondary N) is 1. The van der Waals surface area contributed by atoms with Crippen molar-refractivity contribution in [2.75, 3.05) is 0 Å². The van der Waals surface area contributed by atoms with Crippen LogP contribution in [0, 0.1) is 6.92 Å². The maximum absolute atomic E-state index is 12.7. The Morgan fingerprint density at radius 2 is 1.89 bits per heavy atom. The fourth-order valence-electron chi connectivity index (χ4n) is 3.00. The molecule has 0 amide bonds. The van der Waals surface area contributed by atoms with Gasteiger partial charge < -0.3 is 15.2 Å². The second-order valence-electron chi connectivity index (χ2n) is 7.75. The molecule has 5 nitrogen and oxygen atoms in total. The van der Waals surface area contributed by atoms with Crippen LogP contribution in [0.3, 0.4) is 0 Å². The molecule has 0 fully saturated rings. The molecule has 5 heteroatoms. The zero-order valence-electron chi connectivity index (χ0n) is 16.2. The molecule has 3 rings (SSSR count). The third kappa shape index (κ3) is 4.61. The molecule has 0 unspecified atom stereocenters. The Bertz CT molecular complexity index is 897. The summed E-state index contributed by atoms with van der Waals surface area (Å²) in [6.07, 6.45) is 6.18. The van der Waals surface area contributed by atoms with Gasteiger partial charge in [-0.25, -0.2) is 4.79 Å². The van der Waals surface area contributed by atoms with Crippen molar-refractivity contribution < 1.29 is 14.6 Å². The summed E-state index contributed by atoms with van der Waals surface area (Å²) in [4.78, 5) is 12.7. The first-order valence-corrected chi connectivity index (χ1v) is 9.09. The minimum atomic E-state index is -0.577. The van der Waals surface area contributed by atoms with E-state index in [4.69, 9.17) is 4.74 Å². The first-order valence-electron chi connectivity index (χ1n) is 9.09. The minimum absolute atomic E-state index is 0.139. The highest BCUT2D eigenvalue weighted by Crippen LogP contribution is 2.28. The Hall–Kier alpha value is -2.95. The highest BCUT2D eigenvalue weighted by molar-refractivity contribution is 5.78. The summed E-state index contributed by atoms with van der Waals surface area (Å²) < 4.78 is 7.12. The van der Waals surface area contributed by atoms with Crippen molar-refractivity contribution in [3.05, 3.63) is 71.5 Å². The molecule has 2 heterocycles. The number of carbonyl (C=O) groups excluding carboxylic acids is 1. The number of hydrogen-bond acceptors (Lipinski definition) is 4. The van der Waals surface area contributed by atoms with Crippen molar-refractivity contribution in [3.63, 3.8) is 0 Å². The molecule has 0 saturated heterocycles. The predicted molar refractivity (Wildman–Crippen MR) is 106 cm³/mol. The number of ether oxygens (including phenoxy) is 1. The zero-order valence-corrected chi connectivity index (χ0v) is 16.2. The Balaban J connectivity index is 1.99. The maximum Gasteiger partial charge on any atom is 0.418 e. The number of benzene rings is 1. The van der Waals surface area contributed by atoms with E-state index in [0.717, 1.165) is 22.5 Å². The van der Waals surface area contributed by atoms with Crippen molar-refractivity contribution in [2.45, 2.75) is 46.1 Å². The number of aromatic nitrogens is 1. The topological polar surface area (TPSA) is 63.5 Å². The molecule has 0 spiro atoms. The lowest BCUT2D eigenvalue weighted by Crippen LogP contribution is -2.28. The number of carbonyl (C=O) groups is 1. The van der Waals surface area contributed by atoms with Crippen LogP contribution in [0.2, 0.25) is 0 Å². The van der Waals surface area contributed by atoms with E-state index in [2.05, 4.69) is 17.4 Å². The fraction of sp³-hybridized carbons (Fsp3) is 0.318. The highest BCUT2D eigenvalue weighted by Gasteiger charge is 2.23. The summed E-state index contributed by atoms with van der Waals surface area (Å²) in [5.74, 6) is 0.139. The third-order valence-electron chi connectivity index (χ3n) is 4.27. The Labute approximate surface area is 160 Å². The van der Waals surface area contributed by atoms with Crippen LogP contribution in [0.15, 0.2) is 60.3 Å². The molecular weight excluding hydrogens is 340 g/mol. The number of dihydropyridines is 1. The van der Waals surface area contributed by atoms with Crippen LogP contribution >= 0.6 is 0 Å². The van der Waals surface area contributed by atoms with Crippen LogP contribution in [0.5, 0.6) is 0 Å². The quantitative estimate of drug-likeness (QED) is 0.796. The van der Waals surface area contributed by atoms with Gasteiger partial charge in [0.2, 0.25) is 0 Å². The van der Waals surface area contributed by atoms with E-state index in [1.165, 1.54) is 5.56 Å². The van der Waals surface area contributed by atoms with E-state index in [0.29, 0.717) is 12.8 Å². The monoisotopic (exact) mass is 366 g/mol. The van der Waals surface area contributed by atoms with E-state index >= 15 is 0 Å². The van der Waals surface area contributed by atoms with E-state index in [1.54, 1.807) is 16.8 Å². The van der Waals surface area contributed by atoms with E-state index in [-0.39, 0.29) is 5.88 Å². The summed E-state index contributed by atoms with van der Waals surface area (Å²) in [6, 6.07) is 10.1. The molecule has 2 N–H and O–H groups in total. The third-order valence-corrected chi connectivity index (χ3v) is 4.27. The van der Waals surface area contributed by atoms with Crippen LogP contribution in [-0.2, 0) is 11.2 Å². The number of hydrogen-bond donors (Lipinski definition) is 2. The second-order valence-corrected chi connectivity index (χ2v) is 7.75. The van der Waals surface area contributed by atoms with Gasteiger partial charge in [0.05, 0.1) is 0 Å².